The molecule has 0 spiro atoms. The molecule has 0 saturated carbocycles. The van der Waals surface area contributed by atoms with Gasteiger partial charge in [-0.05, 0) is 37.1 Å². The van der Waals surface area contributed by atoms with Crippen LogP contribution in [0.1, 0.15) is 18.1 Å². The molecular formula is C19H24ClN3O. The lowest BCUT2D eigenvalue weighted by atomic mass is 10.1. The van der Waals surface area contributed by atoms with Crippen LogP contribution >= 0.6 is 11.6 Å². The van der Waals surface area contributed by atoms with Crippen LogP contribution in [0.4, 0.5) is 11.4 Å². The highest BCUT2D eigenvalue weighted by Crippen LogP contribution is 2.33. The van der Waals surface area contributed by atoms with Gasteiger partial charge in [0.1, 0.15) is 5.75 Å². The molecule has 0 aromatic heterocycles. The molecule has 0 fully saturated rings. The van der Waals surface area contributed by atoms with Crippen molar-refractivity contribution in [1.29, 1.82) is 0 Å². The summed E-state index contributed by atoms with van der Waals surface area (Å²) in [5.41, 5.74) is 3.96. The van der Waals surface area contributed by atoms with E-state index in [1.54, 1.807) is 7.11 Å². The summed E-state index contributed by atoms with van der Waals surface area (Å²) in [4.78, 5) is 6.55. The second kappa shape index (κ2) is 8.60. The van der Waals surface area contributed by atoms with Gasteiger partial charge in [0, 0.05) is 31.2 Å². The molecule has 0 saturated heterocycles. The van der Waals surface area contributed by atoms with Crippen LogP contribution in [0.15, 0.2) is 41.4 Å². The number of anilines is 1. The van der Waals surface area contributed by atoms with Crippen molar-refractivity contribution >= 4 is 29.3 Å². The van der Waals surface area contributed by atoms with Crippen LogP contribution in [-0.4, -0.2) is 31.9 Å². The maximum atomic E-state index is 6.21. The SMILES string of the molecule is CCN(C)C=Nc1cc(OC)c(NCc2ccccc2Cl)cc1C. The van der Waals surface area contributed by atoms with Crippen LogP contribution < -0.4 is 10.1 Å². The molecule has 2 aromatic carbocycles. The van der Waals surface area contributed by atoms with E-state index >= 15 is 0 Å². The molecule has 0 aliphatic carbocycles. The van der Waals surface area contributed by atoms with Crippen molar-refractivity contribution < 1.29 is 4.74 Å². The van der Waals surface area contributed by atoms with Crippen molar-refractivity contribution in [2.24, 2.45) is 4.99 Å². The summed E-state index contributed by atoms with van der Waals surface area (Å²) < 4.78 is 5.51. The predicted octanol–water partition coefficient (Wildman–Crippen LogP) is 4.88. The summed E-state index contributed by atoms with van der Waals surface area (Å²) in [7, 11) is 3.66. The molecule has 128 valence electrons. The average Bonchev–Trinajstić information content (AvgIpc) is 2.59. The molecule has 1 N–H and O–H groups in total. The molecule has 24 heavy (non-hydrogen) atoms. The minimum atomic E-state index is 0.636. The second-order valence-electron chi connectivity index (χ2n) is 5.60. The molecule has 2 aromatic rings. The van der Waals surface area contributed by atoms with Gasteiger partial charge >= 0.3 is 0 Å². The standard InChI is InChI=1S/C19H24ClN3O/c1-5-23(3)13-22-17-11-19(24-4)18(10-14(17)2)21-12-15-8-6-7-9-16(15)20/h6-11,13,21H,5,12H2,1-4H3. The van der Waals surface area contributed by atoms with Gasteiger partial charge in [0.15, 0.2) is 0 Å². The first kappa shape index (κ1) is 18.1. The van der Waals surface area contributed by atoms with Crippen LogP contribution in [0.5, 0.6) is 5.75 Å². The zero-order valence-corrected chi connectivity index (χ0v) is 15.4. The van der Waals surface area contributed by atoms with Gasteiger partial charge in [0.25, 0.3) is 0 Å². The maximum Gasteiger partial charge on any atom is 0.144 e. The molecule has 0 aliphatic heterocycles. The number of hydrogen-bond acceptors (Lipinski definition) is 3. The fourth-order valence-electron chi connectivity index (χ4n) is 2.20. The summed E-state index contributed by atoms with van der Waals surface area (Å²) in [6, 6.07) is 11.8. The summed E-state index contributed by atoms with van der Waals surface area (Å²) >= 11 is 6.21. The van der Waals surface area contributed by atoms with E-state index in [9.17, 15) is 0 Å². The molecule has 4 nitrogen and oxygen atoms in total. The van der Waals surface area contributed by atoms with Crippen LogP contribution in [0.2, 0.25) is 5.02 Å². The van der Waals surface area contributed by atoms with Crippen LogP contribution in [0, 0.1) is 6.92 Å². The van der Waals surface area contributed by atoms with Gasteiger partial charge in [-0.3, -0.25) is 0 Å². The van der Waals surface area contributed by atoms with Gasteiger partial charge in [-0.2, -0.15) is 0 Å². The summed E-state index contributed by atoms with van der Waals surface area (Å²) in [5, 5.41) is 4.15. The number of rotatable bonds is 7. The number of nitrogens with one attached hydrogen (secondary N) is 1. The minimum absolute atomic E-state index is 0.636. The molecular weight excluding hydrogens is 322 g/mol. The Balaban J connectivity index is 2.20. The Hall–Kier alpha value is -2.20. The van der Waals surface area contributed by atoms with E-state index in [-0.39, 0.29) is 0 Å². The highest BCUT2D eigenvalue weighted by molar-refractivity contribution is 6.31. The van der Waals surface area contributed by atoms with Crippen molar-refractivity contribution in [2.45, 2.75) is 20.4 Å². The number of nitrogens with zero attached hydrogens (tertiary/aromatic N) is 2. The first-order valence-corrected chi connectivity index (χ1v) is 8.33. The van der Waals surface area contributed by atoms with Gasteiger partial charge in [-0.25, -0.2) is 4.99 Å². The molecule has 2 rings (SSSR count). The number of aliphatic imine (C=N–C) groups is 1. The van der Waals surface area contributed by atoms with Crippen LogP contribution in [-0.2, 0) is 6.54 Å². The Bertz CT molecular complexity index is 716. The van der Waals surface area contributed by atoms with Crippen molar-refractivity contribution in [1.82, 2.24) is 4.90 Å². The Morgan fingerprint density at radius 3 is 2.71 bits per heavy atom. The lowest BCUT2D eigenvalue weighted by Crippen LogP contribution is -2.14. The number of halogens is 1. The zero-order valence-electron chi connectivity index (χ0n) is 14.6. The molecule has 5 heteroatoms. The Morgan fingerprint density at radius 1 is 1.29 bits per heavy atom. The quantitative estimate of drug-likeness (QED) is 0.574. The maximum absolute atomic E-state index is 6.21. The fourth-order valence-corrected chi connectivity index (χ4v) is 2.40. The van der Waals surface area contributed by atoms with Crippen molar-refractivity contribution in [3.05, 3.63) is 52.5 Å². The van der Waals surface area contributed by atoms with Gasteiger partial charge in [0.2, 0.25) is 0 Å². The number of benzene rings is 2. The molecule has 0 atom stereocenters. The highest BCUT2D eigenvalue weighted by atomic mass is 35.5. The first-order chi connectivity index (χ1) is 11.5. The molecule has 0 unspecified atom stereocenters. The molecule has 0 radical (unpaired) electrons. The van der Waals surface area contributed by atoms with E-state index < -0.39 is 0 Å². The summed E-state index contributed by atoms with van der Waals surface area (Å²) in [6.07, 6.45) is 1.83. The topological polar surface area (TPSA) is 36.9 Å². The molecule has 0 amide bonds. The largest absolute Gasteiger partial charge is 0.495 e. The third kappa shape index (κ3) is 4.65. The van der Waals surface area contributed by atoms with Gasteiger partial charge < -0.3 is 15.0 Å². The second-order valence-corrected chi connectivity index (χ2v) is 6.01. The first-order valence-electron chi connectivity index (χ1n) is 7.95. The normalized spacial score (nSPS) is 10.9. The lowest BCUT2D eigenvalue weighted by Gasteiger charge is -2.15. The van der Waals surface area contributed by atoms with E-state index in [1.165, 1.54) is 0 Å². The molecule has 0 aliphatic rings. The Morgan fingerprint density at radius 2 is 2.04 bits per heavy atom. The predicted molar refractivity (Wildman–Crippen MR) is 103 cm³/mol. The third-order valence-corrected chi connectivity index (χ3v) is 4.21. The van der Waals surface area contributed by atoms with E-state index in [0.717, 1.165) is 39.8 Å². The van der Waals surface area contributed by atoms with Crippen molar-refractivity contribution in [3.8, 4) is 5.75 Å². The Labute approximate surface area is 149 Å². The van der Waals surface area contributed by atoms with Gasteiger partial charge in [-0.1, -0.05) is 29.8 Å². The molecule has 0 heterocycles. The van der Waals surface area contributed by atoms with E-state index in [1.807, 2.05) is 61.6 Å². The number of methoxy groups -OCH3 is 1. The monoisotopic (exact) mass is 345 g/mol. The fraction of sp³-hybridized carbons (Fsp3) is 0.316. The van der Waals surface area contributed by atoms with Crippen LogP contribution in [0.3, 0.4) is 0 Å². The van der Waals surface area contributed by atoms with Crippen LogP contribution in [0.25, 0.3) is 0 Å². The van der Waals surface area contributed by atoms with Crippen molar-refractivity contribution in [3.63, 3.8) is 0 Å². The summed E-state index contributed by atoms with van der Waals surface area (Å²) in [6.45, 7) is 5.67. The van der Waals surface area contributed by atoms with E-state index in [2.05, 4.69) is 17.2 Å². The number of ether oxygens (including phenoxy) is 1. The Kier molecular flexibility index (Phi) is 6.50. The lowest BCUT2D eigenvalue weighted by molar-refractivity contribution is 0.416. The van der Waals surface area contributed by atoms with Crippen molar-refractivity contribution in [2.75, 3.05) is 26.0 Å². The molecule has 0 bridgehead atoms. The third-order valence-electron chi connectivity index (χ3n) is 3.84. The smallest absolute Gasteiger partial charge is 0.144 e. The van der Waals surface area contributed by atoms with E-state index in [4.69, 9.17) is 16.3 Å². The summed E-state index contributed by atoms with van der Waals surface area (Å²) in [5.74, 6) is 0.763. The van der Waals surface area contributed by atoms with E-state index in [0.29, 0.717) is 6.54 Å². The van der Waals surface area contributed by atoms with Gasteiger partial charge in [-0.15, -0.1) is 0 Å². The minimum Gasteiger partial charge on any atom is -0.495 e. The van der Waals surface area contributed by atoms with Gasteiger partial charge in [0.05, 0.1) is 24.8 Å². The number of aryl methyl sites for hydroxylation is 1. The zero-order chi connectivity index (χ0) is 17.5. The number of hydrogen-bond donors (Lipinski definition) is 1. The average molecular weight is 346 g/mol. The highest BCUT2D eigenvalue weighted by Gasteiger charge is 2.08.